The van der Waals surface area contributed by atoms with Crippen molar-refractivity contribution < 1.29 is 14.0 Å². The summed E-state index contributed by atoms with van der Waals surface area (Å²) < 4.78 is 5.29. The minimum absolute atomic E-state index is 0.00957. The lowest BCUT2D eigenvalue weighted by atomic mass is 9.88. The van der Waals surface area contributed by atoms with Gasteiger partial charge in [0, 0.05) is 43.5 Å². The van der Waals surface area contributed by atoms with Crippen LogP contribution >= 0.6 is 11.6 Å². The maximum Gasteiger partial charge on any atom is 0.349 e. The summed E-state index contributed by atoms with van der Waals surface area (Å²) in [6.07, 6.45) is 2.17. The van der Waals surface area contributed by atoms with Crippen molar-refractivity contribution in [2.75, 3.05) is 20.6 Å². The Morgan fingerprint density at radius 1 is 1.22 bits per heavy atom. The molecule has 1 aromatic carbocycles. The van der Waals surface area contributed by atoms with Gasteiger partial charge in [-0.2, -0.15) is 0 Å². The molecule has 7 heteroatoms. The molecule has 0 N–H and O–H groups in total. The Morgan fingerprint density at radius 2 is 1.96 bits per heavy atom. The Labute approximate surface area is 161 Å². The van der Waals surface area contributed by atoms with Crippen LogP contribution in [0.15, 0.2) is 33.5 Å². The zero-order valence-electron chi connectivity index (χ0n) is 15.3. The molecule has 0 unspecified atom stereocenters. The van der Waals surface area contributed by atoms with Gasteiger partial charge >= 0.3 is 5.63 Å². The molecular formula is C20H21ClN2O4. The van der Waals surface area contributed by atoms with Crippen LogP contribution in [0.25, 0.3) is 11.0 Å². The fraction of sp³-hybridized carbons (Fsp3) is 0.450. The number of carbonyl (C=O) groups is 2. The Hall–Kier alpha value is -2.34. The normalized spacial score (nSPS) is 24.9. The lowest BCUT2D eigenvalue weighted by Gasteiger charge is -2.31. The molecule has 2 heterocycles. The summed E-state index contributed by atoms with van der Waals surface area (Å²) in [5, 5.41) is 1.13. The molecule has 142 valence electrons. The van der Waals surface area contributed by atoms with Gasteiger partial charge in [-0.15, -0.1) is 0 Å². The molecule has 6 nitrogen and oxygen atoms in total. The van der Waals surface area contributed by atoms with Crippen LogP contribution in [0.3, 0.4) is 0 Å². The summed E-state index contributed by atoms with van der Waals surface area (Å²) in [5.74, 6) is 0.521. The number of rotatable bonds is 2. The standard InChI is InChI=1S/C20H21ClN2O4/c1-22-10-13-7-15(6-11(13)9-18(22)24)23(2)19(25)16-8-12-5-14(21)3-4-17(12)27-20(16)26/h3-5,8,11,13,15H,6-7,9-10H2,1-2H3/t11-,13+,15-/m0/s1. The number of carbonyl (C=O) groups excluding carboxylic acids is 2. The summed E-state index contributed by atoms with van der Waals surface area (Å²) in [7, 11) is 3.55. The van der Waals surface area contributed by atoms with Crippen molar-refractivity contribution in [2.45, 2.75) is 25.3 Å². The third-order valence-electron chi connectivity index (χ3n) is 5.98. The van der Waals surface area contributed by atoms with E-state index in [-0.39, 0.29) is 23.4 Å². The van der Waals surface area contributed by atoms with E-state index >= 15 is 0 Å². The summed E-state index contributed by atoms with van der Waals surface area (Å²) in [4.78, 5) is 40.6. The van der Waals surface area contributed by atoms with Crippen molar-refractivity contribution in [1.82, 2.24) is 9.80 Å². The Kier molecular flexibility index (Phi) is 4.46. The zero-order chi connectivity index (χ0) is 19.3. The second-order valence-electron chi connectivity index (χ2n) is 7.67. The molecule has 1 saturated carbocycles. The van der Waals surface area contributed by atoms with Gasteiger partial charge in [0.05, 0.1) is 0 Å². The predicted molar refractivity (Wildman–Crippen MR) is 102 cm³/mol. The summed E-state index contributed by atoms with van der Waals surface area (Å²) in [5.41, 5.74) is -0.237. The van der Waals surface area contributed by atoms with Gasteiger partial charge in [0.2, 0.25) is 5.91 Å². The maximum atomic E-state index is 13.0. The number of halogens is 1. The van der Waals surface area contributed by atoms with Crippen LogP contribution in [0.2, 0.25) is 5.02 Å². The van der Waals surface area contributed by atoms with Gasteiger partial charge in [-0.05, 0) is 48.9 Å². The lowest BCUT2D eigenvalue weighted by Crippen LogP contribution is -2.40. The number of piperidine rings is 1. The van der Waals surface area contributed by atoms with Gasteiger partial charge < -0.3 is 14.2 Å². The van der Waals surface area contributed by atoms with E-state index in [1.165, 1.54) is 0 Å². The average Bonchev–Trinajstić information content (AvgIpc) is 3.03. The fourth-order valence-corrected chi connectivity index (χ4v) is 4.58. The molecule has 0 radical (unpaired) electrons. The van der Waals surface area contributed by atoms with Gasteiger partial charge in [-0.1, -0.05) is 11.6 Å². The van der Waals surface area contributed by atoms with E-state index in [0.29, 0.717) is 34.2 Å². The number of nitrogens with zero attached hydrogens (tertiary/aromatic N) is 2. The number of likely N-dealkylation sites (tertiary alicyclic amines) is 1. The first kappa shape index (κ1) is 18.0. The van der Waals surface area contributed by atoms with Crippen molar-refractivity contribution in [3.05, 3.63) is 45.3 Å². The van der Waals surface area contributed by atoms with E-state index < -0.39 is 5.63 Å². The van der Waals surface area contributed by atoms with E-state index in [0.717, 1.165) is 19.4 Å². The number of benzene rings is 1. The van der Waals surface area contributed by atoms with Crippen LogP contribution < -0.4 is 5.63 Å². The minimum atomic E-state index is -0.646. The van der Waals surface area contributed by atoms with E-state index in [2.05, 4.69) is 0 Å². The molecular weight excluding hydrogens is 368 g/mol. The molecule has 3 atom stereocenters. The van der Waals surface area contributed by atoms with Crippen LogP contribution in [0, 0.1) is 11.8 Å². The zero-order valence-corrected chi connectivity index (χ0v) is 16.0. The molecule has 0 bridgehead atoms. The van der Waals surface area contributed by atoms with Crippen molar-refractivity contribution in [3.8, 4) is 0 Å². The van der Waals surface area contributed by atoms with Crippen molar-refractivity contribution >= 4 is 34.4 Å². The monoisotopic (exact) mass is 388 g/mol. The highest BCUT2D eigenvalue weighted by Gasteiger charge is 2.42. The lowest BCUT2D eigenvalue weighted by molar-refractivity contribution is -0.134. The third kappa shape index (κ3) is 3.23. The topological polar surface area (TPSA) is 70.8 Å². The van der Waals surface area contributed by atoms with E-state index in [9.17, 15) is 14.4 Å². The molecule has 1 aromatic heterocycles. The van der Waals surface area contributed by atoms with Gasteiger partial charge in [-0.3, -0.25) is 9.59 Å². The molecule has 27 heavy (non-hydrogen) atoms. The van der Waals surface area contributed by atoms with Crippen LogP contribution in [0.1, 0.15) is 29.6 Å². The molecule has 1 aliphatic heterocycles. The molecule has 1 aliphatic carbocycles. The first-order chi connectivity index (χ1) is 12.8. The fourth-order valence-electron chi connectivity index (χ4n) is 4.40. The van der Waals surface area contributed by atoms with Gasteiger partial charge in [0.1, 0.15) is 11.1 Å². The number of amides is 2. The molecule has 0 spiro atoms. The molecule has 2 aromatic rings. The van der Waals surface area contributed by atoms with E-state index in [1.807, 2.05) is 7.05 Å². The van der Waals surface area contributed by atoms with Crippen LogP contribution in [0.4, 0.5) is 0 Å². The number of hydrogen-bond donors (Lipinski definition) is 0. The third-order valence-corrected chi connectivity index (χ3v) is 6.22. The van der Waals surface area contributed by atoms with Crippen molar-refractivity contribution in [3.63, 3.8) is 0 Å². The Balaban J connectivity index is 1.58. The first-order valence-corrected chi connectivity index (χ1v) is 9.46. The van der Waals surface area contributed by atoms with Gasteiger partial charge in [-0.25, -0.2) is 4.79 Å². The highest BCUT2D eigenvalue weighted by Crippen LogP contribution is 2.40. The molecule has 4 rings (SSSR count). The highest BCUT2D eigenvalue weighted by atomic mass is 35.5. The van der Waals surface area contributed by atoms with Crippen molar-refractivity contribution in [1.29, 1.82) is 0 Å². The average molecular weight is 389 g/mol. The first-order valence-electron chi connectivity index (χ1n) is 9.08. The second-order valence-corrected chi connectivity index (χ2v) is 8.11. The summed E-state index contributed by atoms with van der Waals surface area (Å²) in [6.45, 7) is 0.735. The molecule has 2 aliphatic rings. The highest BCUT2D eigenvalue weighted by molar-refractivity contribution is 6.31. The van der Waals surface area contributed by atoms with Gasteiger partial charge in [0.15, 0.2) is 0 Å². The summed E-state index contributed by atoms with van der Waals surface area (Å²) >= 11 is 6.00. The van der Waals surface area contributed by atoms with Crippen LogP contribution in [0.5, 0.6) is 0 Å². The molecule has 1 saturated heterocycles. The molecule has 2 amide bonds. The second kappa shape index (κ2) is 6.68. The minimum Gasteiger partial charge on any atom is -0.422 e. The van der Waals surface area contributed by atoms with Crippen LogP contribution in [-0.4, -0.2) is 48.3 Å². The van der Waals surface area contributed by atoms with Crippen LogP contribution in [-0.2, 0) is 4.79 Å². The predicted octanol–water partition coefficient (Wildman–Crippen LogP) is 2.78. The largest absolute Gasteiger partial charge is 0.422 e. The summed E-state index contributed by atoms with van der Waals surface area (Å²) in [6, 6.07) is 6.49. The van der Waals surface area contributed by atoms with Crippen molar-refractivity contribution in [2.24, 2.45) is 11.8 Å². The smallest absolute Gasteiger partial charge is 0.349 e. The Morgan fingerprint density at radius 3 is 2.74 bits per heavy atom. The maximum absolute atomic E-state index is 13.0. The van der Waals surface area contributed by atoms with Gasteiger partial charge in [0.25, 0.3) is 5.91 Å². The quantitative estimate of drug-likeness (QED) is 0.742. The Bertz CT molecular complexity index is 986. The SMILES string of the molecule is CN1C[C@H]2C[C@@H](N(C)C(=O)c3cc4cc(Cl)ccc4oc3=O)C[C@H]2CC1=O. The number of hydrogen-bond acceptors (Lipinski definition) is 4. The van der Waals surface area contributed by atoms with E-state index in [4.69, 9.17) is 16.0 Å². The number of fused-ring (bicyclic) bond motifs is 2. The molecule has 2 fully saturated rings. The van der Waals surface area contributed by atoms with E-state index in [1.54, 1.807) is 41.1 Å².